The molecule has 1 unspecified atom stereocenters. The van der Waals surface area contributed by atoms with Crippen LogP contribution >= 0.6 is 0 Å². The fourth-order valence-electron chi connectivity index (χ4n) is 2.71. The van der Waals surface area contributed by atoms with Crippen molar-refractivity contribution >= 4 is 16.8 Å². The molecule has 1 aromatic heterocycles. The van der Waals surface area contributed by atoms with Gasteiger partial charge in [0.2, 0.25) is 0 Å². The van der Waals surface area contributed by atoms with E-state index in [1.807, 2.05) is 30.5 Å². The maximum absolute atomic E-state index is 12.4. The van der Waals surface area contributed by atoms with Crippen molar-refractivity contribution in [2.24, 2.45) is 0 Å². The minimum Gasteiger partial charge on any atom is -0.361 e. The number of aromatic amines is 1. The lowest BCUT2D eigenvalue weighted by Crippen LogP contribution is -2.35. The van der Waals surface area contributed by atoms with Crippen molar-refractivity contribution in [1.29, 1.82) is 0 Å². The Morgan fingerprint density at radius 3 is 3.11 bits per heavy atom. The first-order valence-electron chi connectivity index (χ1n) is 6.92. The van der Waals surface area contributed by atoms with E-state index in [2.05, 4.69) is 15.6 Å². The second kappa shape index (κ2) is 5.45. The third-order valence-corrected chi connectivity index (χ3v) is 3.75. The third kappa shape index (κ3) is 2.63. The molecule has 1 fully saturated rings. The van der Waals surface area contributed by atoms with Crippen LogP contribution < -0.4 is 10.6 Å². The normalized spacial score (nSPS) is 20.1. The Morgan fingerprint density at radius 1 is 1.21 bits per heavy atom. The maximum atomic E-state index is 12.4. The number of carbonyl (C=O) groups excluding carboxylic acids is 1. The van der Waals surface area contributed by atoms with Crippen LogP contribution in [-0.2, 0) is 0 Å². The number of amides is 1. The van der Waals surface area contributed by atoms with Crippen LogP contribution in [-0.4, -0.2) is 30.0 Å². The lowest BCUT2D eigenvalue weighted by molar-refractivity contribution is 0.0936. The molecule has 1 aromatic carbocycles. The molecule has 0 saturated carbocycles. The quantitative estimate of drug-likeness (QED) is 0.771. The van der Waals surface area contributed by atoms with Crippen LogP contribution in [0, 0.1) is 0 Å². The van der Waals surface area contributed by atoms with Gasteiger partial charge in [-0.05, 0) is 50.6 Å². The van der Waals surface area contributed by atoms with E-state index in [1.165, 1.54) is 0 Å². The predicted octanol–water partition coefficient (Wildman–Crippen LogP) is 2.04. The second-order valence-electron chi connectivity index (χ2n) is 5.10. The zero-order chi connectivity index (χ0) is 13.1. The molecule has 100 valence electrons. The fourth-order valence-corrected chi connectivity index (χ4v) is 2.71. The summed E-state index contributed by atoms with van der Waals surface area (Å²) in [5.41, 5.74) is 1.77. The highest BCUT2D eigenvalue weighted by Crippen LogP contribution is 2.18. The van der Waals surface area contributed by atoms with Crippen molar-refractivity contribution in [2.75, 3.05) is 13.1 Å². The predicted molar refractivity (Wildman–Crippen MR) is 76.3 cm³/mol. The van der Waals surface area contributed by atoms with E-state index in [9.17, 15) is 4.79 Å². The van der Waals surface area contributed by atoms with Crippen molar-refractivity contribution in [1.82, 2.24) is 15.6 Å². The summed E-state index contributed by atoms with van der Waals surface area (Å²) in [7, 11) is 0. The van der Waals surface area contributed by atoms with Crippen LogP contribution in [0.1, 0.15) is 29.6 Å². The molecular weight excluding hydrogens is 238 g/mol. The molecule has 0 bridgehead atoms. The number of rotatable bonds is 2. The number of benzene rings is 1. The Morgan fingerprint density at radius 2 is 2.16 bits per heavy atom. The van der Waals surface area contributed by atoms with E-state index < -0.39 is 0 Å². The molecule has 1 amide bonds. The Labute approximate surface area is 112 Å². The molecule has 0 aliphatic carbocycles. The van der Waals surface area contributed by atoms with Crippen molar-refractivity contribution in [3.8, 4) is 0 Å². The van der Waals surface area contributed by atoms with Crippen LogP contribution in [0.5, 0.6) is 0 Å². The molecule has 3 N–H and O–H groups in total. The number of carbonyl (C=O) groups is 1. The van der Waals surface area contributed by atoms with Gasteiger partial charge in [0.25, 0.3) is 5.91 Å². The molecule has 1 aliphatic heterocycles. The van der Waals surface area contributed by atoms with Gasteiger partial charge in [0, 0.05) is 28.7 Å². The Bertz CT molecular complexity index is 568. The largest absolute Gasteiger partial charge is 0.361 e. The molecule has 1 aliphatic rings. The van der Waals surface area contributed by atoms with Gasteiger partial charge in [-0.1, -0.05) is 6.07 Å². The summed E-state index contributed by atoms with van der Waals surface area (Å²) in [6.07, 6.45) is 5.06. The summed E-state index contributed by atoms with van der Waals surface area (Å²) in [5.74, 6) is 0.0390. The molecule has 4 heteroatoms. The van der Waals surface area contributed by atoms with E-state index in [4.69, 9.17) is 0 Å². The summed E-state index contributed by atoms with van der Waals surface area (Å²) < 4.78 is 0. The van der Waals surface area contributed by atoms with E-state index in [1.54, 1.807) is 0 Å². The van der Waals surface area contributed by atoms with Gasteiger partial charge in [-0.25, -0.2) is 0 Å². The maximum Gasteiger partial charge on any atom is 0.252 e. The Kier molecular flexibility index (Phi) is 3.51. The standard InChI is InChI=1S/C15H19N3O/c19-15(18-11-3-2-8-16-9-6-11)13-4-1-5-14-12(13)7-10-17-14/h1,4-5,7,10-11,16-17H,2-3,6,8-9H2,(H,18,19). The number of fused-ring (bicyclic) bond motifs is 1. The van der Waals surface area contributed by atoms with E-state index in [0.29, 0.717) is 0 Å². The molecule has 19 heavy (non-hydrogen) atoms. The van der Waals surface area contributed by atoms with Crippen molar-refractivity contribution in [2.45, 2.75) is 25.3 Å². The first-order valence-corrected chi connectivity index (χ1v) is 6.92. The van der Waals surface area contributed by atoms with E-state index in [-0.39, 0.29) is 11.9 Å². The van der Waals surface area contributed by atoms with Crippen molar-refractivity contribution in [3.05, 3.63) is 36.0 Å². The molecule has 2 aromatic rings. The average Bonchev–Trinajstić information content (AvgIpc) is 2.76. The molecule has 4 nitrogen and oxygen atoms in total. The molecular formula is C15H19N3O. The SMILES string of the molecule is O=C(NC1CCCNCC1)c1cccc2[nH]ccc12. The van der Waals surface area contributed by atoms with Crippen LogP contribution in [0.15, 0.2) is 30.5 Å². The summed E-state index contributed by atoms with van der Waals surface area (Å²) in [6.45, 7) is 2.04. The molecule has 1 atom stereocenters. The molecule has 0 spiro atoms. The minimum absolute atomic E-state index is 0.0390. The molecule has 2 heterocycles. The van der Waals surface area contributed by atoms with Gasteiger partial charge in [0.1, 0.15) is 0 Å². The highest BCUT2D eigenvalue weighted by atomic mass is 16.1. The van der Waals surface area contributed by atoms with Crippen LogP contribution in [0.3, 0.4) is 0 Å². The third-order valence-electron chi connectivity index (χ3n) is 3.75. The second-order valence-corrected chi connectivity index (χ2v) is 5.10. The number of nitrogens with one attached hydrogen (secondary N) is 3. The lowest BCUT2D eigenvalue weighted by atomic mass is 10.1. The van der Waals surface area contributed by atoms with Gasteiger partial charge in [-0.2, -0.15) is 0 Å². The summed E-state index contributed by atoms with van der Waals surface area (Å²) in [5, 5.41) is 7.52. The first kappa shape index (κ1) is 12.2. The molecule has 0 radical (unpaired) electrons. The van der Waals surface area contributed by atoms with Gasteiger partial charge in [0.15, 0.2) is 0 Å². The number of H-pyrrole nitrogens is 1. The Balaban J connectivity index is 1.77. The summed E-state index contributed by atoms with van der Waals surface area (Å²) in [6, 6.07) is 8.04. The topological polar surface area (TPSA) is 56.9 Å². The smallest absolute Gasteiger partial charge is 0.252 e. The number of aromatic nitrogens is 1. The lowest BCUT2D eigenvalue weighted by Gasteiger charge is -2.16. The zero-order valence-electron chi connectivity index (χ0n) is 10.9. The molecule has 3 rings (SSSR count). The fraction of sp³-hybridized carbons (Fsp3) is 0.400. The van der Waals surface area contributed by atoms with Crippen LogP contribution in [0.4, 0.5) is 0 Å². The van der Waals surface area contributed by atoms with E-state index >= 15 is 0 Å². The van der Waals surface area contributed by atoms with Gasteiger partial charge >= 0.3 is 0 Å². The van der Waals surface area contributed by atoms with E-state index in [0.717, 1.165) is 48.8 Å². The highest BCUT2D eigenvalue weighted by Gasteiger charge is 2.17. The minimum atomic E-state index is 0.0390. The summed E-state index contributed by atoms with van der Waals surface area (Å²) >= 11 is 0. The van der Waals surface area contributed by atoms with Crippen molar-refractivity contribution in [3.63, 3.8) is 0 Å². The number of hydrogen-bond donors (Lipinski definition) is 3. The Hall–Kier alpha value is -1.81. The van der Waals surface area contributed by atoms with Crippen molar-refractivity contribution < 1.29 is 4.79 Å². The summed E-state index contributed by atoms with van der Waals surface area (Å²) in [4.78, 5) is 15.5. The highest BCUT2D eigenvalue weighted by molar-refractivity contribution is 6.06. The van der Waals surface area contributed by atoms with Crippen LogP contribution in [0.2, 0.25) is 0 Å². The van der Waals surface area contributed by atoms with Gasteiger partial charge in [-0.15, -0.1) is 0 Å². The van der Waals surface area contributed by atoms with Crippen LogP contribution in [0.25, 0.3) is 10.9 Å². The average molecular weight is 257 g/mol. The molecule has 1 saturated heterocycles. The van der Waals surface area contributed by atoms with Gasteiger partial charge in [-0.3, -0.25) is 4.79 Å². The monoisotopic (exact) mass is 257 g/mol. The van der Waals surface area contributed by atoms with Gasteiger partial charge < -0.3 is 15.6 Å². The number of hydrogen-bond acceptors (Lipinski definition) is 2. The first-order chi connectivity index (χ1) is 9.34. The zero-order valence-corrected chi connectivity index (χ0v) is 10.9. The van der Waals surface area contributed by atoms with Gasteiger partial charge in [0.05, 0.1) is 0 Å².